The van der Waals surface area contributed by atoms with E-state index in [9.17, 15) is 14.7 Å². The van der Waals surface area contributed by atoms with Gasteiger partial charge in [-0.1, -0.05) is 41.7 Å². The molecule has 1 saturated carbocycles. The molecule has 2 atom stereocenters. The number of halogens is 1. The van der Waals surface area contributed by atoms with Crippen LogP contribution in [0.3, 0.4) is 0 Å². The Kier molecular flexibility index (Phi) is 7.77. The van der Waals surface area contributed by atoms with Gasteiger partial charge in [-0.05, 0) is 62.0 Å². The first-order valence-corrected chi connectivity index (χ1v) is 14.4. The van der Waals surface area contributed by atoms with Crippen LogP contribution >= 0.6 is 22.9 Å². The minimum atomic E-state index is -0.297. The molecule has 8 nitrogen and oxygen atoms in total. The van der Waals surface area contributed by atoms with Crippen molar-refractivity contribution in [3.8, 4) is 0 Å². The van der Waals surface area contributed by atoms with Crippen molar-refractivity contribution in [2.75, 3.05) is 38.0 Å². The zero-order valence-electron chi connectivity index (χ0n) is 21.4. The first-order valence-electron chi connectivity index (χ1n) is 13.2. The Morgan fingerprint density at radius 1 is 1.35 bits per heavy atom. The highest BCUT2D eigenvalue weighted by Crippen LogP contribution is 2.50. The second kappa shape index (κ2) is 10.9. The van der Waals surface area contributed by atoms with Crippen molar-refractivity contribution in [3.63, 3.8) is 0 Å². The maximum atomic E-state index is 13.4. The van der Waals surface area contributed by atoms with Gasteiger partial charge < -0.3 is 10.0 Å². The normalized spacial score (nSPS) is 30.6. The lowest BCUT2D eigenvalue weighted by Crippen LogP contribution is -2.51. The van der Waals surface area contributed by atoms with Crippen LogP contribution in [0.25, 0.3) is 0 Å². The van der Waals surface area contributed by atoms with E-state index in [0.717, 1.165) is 56.5 Å². The number of aromatic nitrogens is 1. The largest absolute Gasteiger partial charge is 0.378 e. The molecule has 10 heteroatoms. The van der Waals surface area contributed by atoms with Crippen molar-refractivity contribution in [1.82, 2.24) is 19.7 Å². The van der Waals surface area contributed by atoms with Crippen LogP contribution in [0, 0.1) is 17.3 Å². The fourth-order valence-electron chi connectivity index (χ4n) is 6.28. The Labute approximate surface area is 227 Å². The number of rotatable bonds is 7. The van der Waals surface area contributed by atoms with E-state index in [1.165, 1.54) is 24.0 Å². The number of likely N-dealkylation sites (tertiary alicyclic amines) is 3. The average molecular weight is 546 g/mol. The summed E-state index contributed by atoms with van der Waals surface area (Å²) in [6.45, 7) is 9.33. The molecular weight excluding hydrogens is 510 g/mol. The van der Waals surface area contributed by atoms with E-state index >= 15 is 0 Å². The highest BCUT2D eigenvalue weighted by atomic mass is 35.5. The van der Waals surface area contributed by atoms with Gasteiger partial charge in [0, 0.05) is 50.8 Å². The summed E-state index contributed by atoms with van der Waals surface area (Å²) >= 11 is 7.23. The molecular formula is C27H36ClN5O3S. The molecule has 200 valence electrons. The van der Waals surface area contributed by atoms with E-state index in [0.29, 0.717) is 40.9 Å². The number of aliphatic hydroxyl groups excluding tert-OH is 1. The molecule has 3 amide bonds. The van der Waals surface area contributed by atoms with Gasteiger partial charge in [0.15, 0.2) is 5.13 Å². The molecule has 1 aromatic rings. The minimum absolute atomic E-state index is 0.0621. The van der Waals surface area contributed by atoms with Crippen molar-refractivity contribution in [2.24, 2.45) is 17.3 Å². The van der Waals surface area contributed by atoms with Gasteiger partial charge >= 0.3 is 6.03 Å². The van der Waals surface area contributed by atoms with Gasteiger partial charge in [-0.2, -0.15) is 0 Å². The van der Waals surface area contributed by atoms with Crippen molar-refractivity contribution in [3.05, 3.63) is 46.6 Å². The molecule has 2 unspecified atom stereocenters. The van der Waals surface area contributed by atoms with E-state index in [-0.39, 0.29) is 23.6 Å². The van der Waals surface area contributed by atoms with E-state index in [1.807, 2.05) is 11.0 Å². The maximum Gasteiger partial charge on any atom is 0.328 e. The second-order valence-corrected chi connectivity index (χ2v) is 12.5. The first-order chi connectivity index (χ1) is 17.8. The standard InChI is InChI=1S/C27H36ClN5O3S/c1-3-6-22-21(8-4-7-19-13-20(14-19)24(35)31-10-5-11-31)27(9-12-32(16-27)18(2)34)17-33(22)26(36)30-25-29-15-23(28)37-25/h3,6,8,15,19-20,24,35H,1,4-5,7,9-14,16-17H2,2H3,(H,29,30,36)/b21-8+,22-6+. The van der Waals surface area contributed by atoms with Gasteiger partial charge in [0.1, 0.15) is 10.6 Å². The summed E-state index contributed by atoms with van der Waals surface area (Å²) in [6.07, 6.45) is 13.3. The number of anilines is 1. The Morgan fingerprint density at radius 3 is 2.73 bits per heavy atom. The summed E-state index contributed by atoms with van der Waals surface area (Å²) in [5, 5.41) is 13.8. The third kappa shape index (κ3) is 5.37. The fourth-order valence-corrected chi connectivity index (χ4v) is 7.08. The lowest BCUT2D eigenvalue weighted by molar-refractivity contribution is -0.128. The topological polar surface area (TPSA) is 89.0 Å². The van der Waals surface area contributed by atoms with Gasteiger partial charge in [0.25, 0.3) is 0 Å². The van der Waals surface area contributed by atoms with Crippen molar-refractivity contribution in [2.45, 2.75) is 51.7 Å². The van der Waals surface area contributed by atoms with Crippen LogP contribution in [0.4, 0.5) is 9.93 Å². The quantitative estimate of drug-likeness (QED) is 0.518. The number of thiazole rings is 1. The zero-order chi connectivity index (χ0) is 26.2. The van der Waals surface area contributed by atoms with Gasteiger partial charge in [-0.25, -0.2) is 9.78 Å². The number of carbonyl (C=O) groups is 2. The van der Waals surface area contributed by atoms with Crippen molar-refractivity contribution in [1.29, 1.82) is 0 Å². The third-order valence-corrected chi connectivity index (χ3v) is 9.52. The summed E-state index contributed by atoms with van der Waals surface area (Å²) in [6, 6.07) is -0.259. The molecule has 1 aromatic heterocycles. The molecule has 3 saturated heterocycles. The molecule has 2 N–H and O–H groups in total. The highest BCUT2D eigenvalue weighted by Gasteiger charge is 2.51. The van der Waals surface area contributed by atoms with Crippen LogP contribution in [0.1, 0.15) is 45.4 Å². The zero-order valence-corrected chi connectivity index (χ0v) is 22.9. The molecule has 1 aliphatic carbocycles. The summed E-state index contributed by atoms with van der Waals surface area (Å²) in [7, 11) is 0. The number of urea groups is 1. The smallest absolute Gasteiger partial charge is 0.328 e. The Morgan fingerprint density at radius 2 is 2.14 bits per heavy atom. The second-order valence-electron chi connectivity index (χ2n) is 10.8. The number of nitrogens with one attached hydrogen (secondary N) is 1. The molecule has 1 spiro atoms. The number of allylic oxidation sites excluding steroid dienone is 4. The molecule has 0 bridgehead atoms. The highest BCUT2D eigenvalue weighted by molar-refractivity contribution is 7.19. The molecule has 4 heterocycles. The molecule has 4 fully saturated rings. The number of hydrogen-bond acceptors (Lipinski definition) is 6. The predicted molar refractivity (Wildman–Crippen MR) is 146 cm³/mol. The van der Waals surface area contributed by atoms with Crippen LogP contribution in [0.5, 0.6) is 0 Å². The Hall–Kier alpha value is -2.20. The van der Waals surface area contributed by atoms with Gasteiger partial charge in [-0.15, -0.1) is 0 Å². The van der Waals surface area contributed by atoms with Crippen LogP contribution < -0.4 is 5.32 Å². The minimum Gasteiger partial charge on any atom is -0.378 e. The monoisotopic (exact) mass is 545 g/mol. The Bertz CT molecular complexity index is 1110. The first kappa shape index (κ1) is 26.4. The summed E-state index contributed by atoms with van der Waals surface area (Å²) in [5.41, 5.74) is 1.66. The number of carbonyl (C=O) groups excluding carboxylic acids is 2. The van der Waals surface area contributed by atoms with Crippen molar-refractivity contribution < 1.29 is 14.7 Å². The van der Waals surface area contributed by atoms with E-state index < -0.39 is 0 Å². The van der Waals surface area contributed by atoms with E-state index in [4.69, 9.17) is 11.6 Å². The van der Waals surface area contributed by atoms with Crippen molar-refractivity contribution >= 4 is 40.0 Å². The molecule has 0 radical (unpaired) electrons. The lowest BCUT2D eigenvalue weighted by Gasteiger charge is -2.45. The summed E-state index contributed by atoms with van der Waals surface area (Å²) in [4.78, 5) is 35.6. The van der Waals surface area contributed by atoms with Crippen LogP contribution in [0.15, 0.2) is 42.3 Å². The average Bonchev–Trinajstić information content (AvgIpc) is 3.48. The maximum absolute atomic E-state index is 13.4. The number of aliphatic hydroxyl groups is 1. The summed E-state index contributed by atoms with van der Waals surface area (Å²) in [5.74, 6) is 1.07. The number of nitrogens with zero attached hydrogens (tertiary/aromatic N) is 4. The third-order valence-electron chi connectivity index (χ3n) is 8.49. The number of amides is 3. The van der Waals surface area contributed by atoms with E-state index in [2.05, 4.69) is 27.9 Å². The van der Waals surface area contributed by atoms with E-state index in [1.54, 1.807) is 17.9 Å². The molecule has 4 aliphatic rings. The molecule has 0 aromatic carbocycles. The van der Waals surface area contributed by atoms with Gasteiger partial charge in [0.2, 0.25) is 5.91 Å². The van der Waals surface area contributed by atoms with Gasteiger partial charge in [-0.3, -0.25) is 19.9 Å². The summed E-state index contributed by atoms with van der Waals surface area (Å²) < 4.78 is 0.513. The van der Waals surface area contributed by atoms with Crippen LogP contribution in [0.2, 0.25) is 4.34 Å². The molecule has 3 aliphatic heterocycles. The predicted octanol–water partition coefficient (Wildman–Crippen LogP) is 4.71. The molecule has 5 rings (SSSR count). The Balaban J connectivity index is 1.30. The van der Waals surface area contributed by atoms with Gasteiger partial charge in [0.05, 0.1) is 6.20 Å². The lowest BCUT2D eigenvalue weighted by atomic mass is 9.71. The fraction of sp³-hybridized carbons (Fsp3) is 0.593. The SMILES string of the molecule is C=C/C=C1\C(=C/CCC2CC(C(O)N3CCC3)C2)C2(CCN(C(C)=O)C2)CN1C(=O)Nc1ncc(Cl)s1. The van der Waals surface area contributed by atoms with Crippen LogP contribution in [-0.2, 0) is 4.79 Å². The van der Waals surface area contributed by atoms with Crippen LogP contribution in [-0.4, -0.2) is 75.7 Å². The molecule has 37 heavy (non-hydrogen) atoms. The number of hydrogen-bond donors (Lipinski definition) is 2.